The molecule has 0 aliphatic carbocycles. The molecule has 0 unspecified atom stereocenters. The van der Waals surface area contributed by atoms with E-state index in [0.717, 1.165) is 76.8 Å². The highest BCUT2D eigenvalue weighted by atomic mass is 16.3. The summed E-state index contributed by atoms with van der Waals surface area (Å²) in [6.07, 6.45) is 8.25. The highest BCUT2D eigenvalue weighted by molar-refractivity contribution is 5.79. The van der Waals surface area contributed by atoms with Gasteiger partial charge in [-0.15, -0.1) is 0 Å². The van der Waals surface area contributed by atoms with Crippen LogP contribution in [0.4, 0.5) is 5.95 Å². The lowest BCUT2D eigenvalue weighted by atomic mass is 9.96. The van der Waals surface area contributed by atoms with E-state index < -0.39 is 0 Å². The molecule has 2 fully saturated rings. The molecule has 2 aromatic heterocycles. The molecule has 0 aromatic carbocycles. The monoisotopic (exact) mass is 369 g/mol. The van der Waals surface area contributed by atoms with Crippen LogP contribution in [0, 0.1) is 5.92 Å². The van der Waals surface area contributed by atoms with E-state index in [4.69, 9.17) is 4.42 Å². The molecule has 2 saturated heterocycles. The second-order valence-corrected chi connectivity index (χ2v) is 7.37. The number of amides is 1. The van der Waals surface area contributed by atoms with Crippen LogP contribution in [0.3, 0.4) is 0 Å². The zero-order valence-corrected chi connectivity index (χ0v) is 15.7. The van der Waals surface area contributed by atoms with Crippen molar-refractivity contribution >= 4 is 11.9 Å². The van der Waals surface area contributed by atoms with Crippen LogP contribution in [0.5, 0.6) is 0 Å². The number of piperidine rings is 1. The molecule has 7 nitrogen and oxygen atoms in total. The quantitative estimate of drug-likeness (QED) is 0.822. The average molecular weight is 369 g/mol. The van der Waals surface area contributed by atoms with Gasteiger partial charge in [-0.3, -0.25) is 9.69 Å². The minimum atomic E-state index is 0.0910. The number of nitrogens with zero attached hydrogens (tertiary/aromatic N) is 5. The maximum absolute atomic E-state index is 13.1. The minimum absolute atomic E-state index is 0.0910. The van der Waals surface area contributed by atoms with E-state index in [2.05, 4.69) is 19.8 Å². The molecule has 2 aromatic rings. The molecule has 2 aliphatic rings. The third-order valence-electron chi connectivity index (χ3n) is 5.46. The largest absolute Gasteiger partial charge is 0.468 e. The van der Waals surface area contributed by atoms with Crippen LogP contribution in [-0.2, 0) is 11.3 Å². The van der Waals surface area contributed by atoms with E-state index in [1.165, 1.54) is 0 Å². The Kier molecular flexibility index (Phi) is 5.67. The van der Waals surface area contributed by atoms with E-state index >= 15 is 0 Å². The minimum Gasteiger partial charge on any atom is -0.468 e. The van der Waals surface area contributed by atoms with Crippen LogP contribution in [-0.4, -0.2) is 64.9 Å². The second kappa shape index (κ2) is 8.52. The molecule has 0 radical (unpaired) electrons. The zero-order valence-electron chi connectivity index (χ0n) is 15.7. The van der Waals surface area contributed by atoms with Gasteiger partial charge in [-0.25, -0.2) is 9.97 Å². The van der Waals surface area contributed by atoms with Gasteiger partial charge in [0.2, 0.25) is 11.9 Å². The summed E-state index contributed by atoms with van der Waals surface area (Å²) in [5.74, 6) is 2.12. The van der Waals surface area contributed by atoms with Crippen LogP contribution in [0.15, 0.2) is 41.3 Å². The number of anilines is 1. The van der Waals surface area contributed by atoms with Gasteiger partial charge in [0.1, 0.15) is 5.76 Å². The van der Waals surface area contributed by atoms with Gasteiger partial charge < -0.3 is 14.2 Å². The summed E-state index contributed by atoms with van der Waals surface area (Å²) >= 11 is 0. The topological polar surface area (TPSA) is 65.7 Å². The van der Waals surface area contributed by atoms with Crippen molar-refractivity contribution in [1.29, 1.82) is 0 Å². The number of furan rings is 1. The summed E-state index contributed by atoms with van der Waals surface area (Å²) in [5, 5.41) is 0. The van der Waals surface area contributed by atoms with Crippen molar-refractivity contribution in [3.8, 4) is 0 Å². The fourth-order valence-corrected chi connectivity index (χ4v) is 4.07. The fourth-order valence-electron chi connectivity index (χ4n) is 4.07. The van der Waals surface area contributed by atoms with Crippen LogP contribution in [0.1, 0.15) is 25.0 Å². The van der Waals surface area contributed by atoms with Gasteiger partial charge in [0, 0.05) is 45.1 Å². The summed E-state index contributed by atoms with van der Waals surface area (Å²) in [4.78, 5) is 28.4. The smallest absolute Gasteiger partial charge is 0.227 e. The number of rotatable bonds is 4. The molecule has 0 N–H and O–H groups in total. The lowest BCUT2D eigenvalue weighted by molar-refractivity contribution is -0.137. The first-order valence-corrected chi connectivity index (χ1v) is 9.85. The predicted octanol–water partition coefficient (Wildman–Crippen LogP) is 2.02. The molecule has 144 valence electrons. The third kappa shape index (κ3) is 4.47. The zero-order chi connectivity index (χ0) is 18.5. The Morgan fingerprint density at radius 1 is 1.07 bits per heavy atom. The van der Waals surface area contributed by atoms with E-state index in [9.17, 15) is 4.79 Å². The molecular formula is C20H27N5O2. The Morgan fingerprint density at radius 2 is 1.96 bits per heavy atom. The van der Waals surface area contributed by atoms with Gasteiger partial charge in [0.25, 0.3) is 0 Å². The van der Waals surface area contributed by atoms with Crippen molar-refractivity contribution in [2.45, 2.75) is 25.8 Å². The molecule has 0 spiro atoms. The lowest BCUT2D eigenvalue weighted by Gasteiger charge is -2.34. The van der Waals surface area contributed by atoms with Crippen molar-refractivity contribution in [2.75, 3.05) is 44.2 Å². The SMILES string of the molecule is O=C([C@@H]1CCCN(Cc2ccco2)C1)N1CCCN(c2ncccn2)CC1. The molecular weight excluding hydrogens is 342 g/mol. The van der Waals surface area contributed by atoms with Gasteiger partial charge >= 0.3 is 0 Å². The van der Waals surface area contributed by atoms with E-state index in [1.54, 1.807) is 18.7 Å². The number of hydrogen-bond donors (Lipinski definition) is 0. The number of carbonyl (C=O) groups is 1. The Labute approximate surface area is 160 Å². The van der Waals surface area contributed by atoms with Crippen molar-refractivity contribution in [3.05, 3.63) is 42.6 Å². The van der Waals surface area contributed by atoms with E-state index in [-0.39, 0.29) is 5.92 Å². The summed E-state index contributed by atoms with van der Waals surface area (Å²) in [6, 6.07) is 5.75. The highest BCUT2D eigenvalue weighted by Gasteiger charge is 2.30. The Morgan fingerprint density at radius 3 is 2.78 bits per heavy atom. The van der Waals surface area contributed by atoms with Gasteiger partial charge in [0.05, 0.1) is 18.7 Å². The predicted molar refractivity (Wildman–Crippen MR) is 102 cm³/mol. The van der Waals surface area contributed by atoms with Gasteiger partial charge in [-0.2, -0.15) is 0 Å². The Bertz CT molecular complexity index is 721. The first kappa shape index (κ1) is 18.0. The van der Waals surface area contributed by atoms with Crippen LogP contribution in [0.2, 0.25) is 0 Å². The van der Waals surface area contributed by atoms with E-state index in [0.29, 0.717) is 5.91 Å². The van der Waals surface area contributed by atoms with Crippen molar-refractivity contribution < 1.29 is 9.21 Å². The van der Waals surface area contributed by atoms with Crippen LogP contribution >= 0.6 is 0 Å². The van der Waals surface area contributed by atoms with Gasteiger partial charge in [0.15, 0.2) is 0 Å². The van der Waals surface area contributed by atoms with Crippen molar-refractivity contribution in [2.24, 2.45) is 5.92 Å². The normalized spacial score (nSPS) is 21.9. The molecule has 0 bridgehead atoms. The molecule has 2 aliphatic heterocycles. The lowest BCUT2D eigenvalue weighted by Crippen LogP contribution is -2.45. The number of likely N-dealkylation sites (tertiary alicyclic amines) is 1. The molecule has 27 heavy (non-hydrogen) atoms. The highest BCUT2D eigenvalue weighted by Crippen LogP contribution is 2.22. The third-order valence-corrected chi connectivity index (χ3v) is 5.46. The van der Waals surface area contributed by atoms with Gasteiger partial charge in [-0.1, -0.05) is 0 Å². The average Bonchev–Trinajstić information content (AvgIpc) is 3.10. The molecule has 4 rings (SSSR count). The standard InChI is InChI=1S/C20H27N5O2/c26-19(17-5-1-9-23(15-17)16-18-6-2-14-27-18)24-10-4-11-25(13-12-24)20-21-7-3-8-22-20/h2-3,6-8,14,17H,1,4-5,9-13,15-16H2/t17-/m1/s1. The first-order valence-electron chi connectivity index (χ1n) is 9.85. The maximum atomic E-state index is 13.1. The Balaban J connectivity index is 1.33. The number of carbonyl (C=O) groups excluding carboxylic acids is 1. The number of aromatic nitrogens is 2. The number of hydrogen-bond acceptors (Lipinski definition) is 6. The molecule has 0 saturated carbocycles. The summed E-state index contributed by atoms with van der Waals surface area (Å²) in [6.45, 7) is 5.88. The van der Waals surface area contributed by atoms with E-state index in [1.807, 2.05) is 23.1 Å². The molecule has 1 atom stereocenters. The molecule has 4 heterocycles. The van der Waals surface area contributed by atoms with Crippen LogP contribution in [0.25, 0.3) is 0 Å². The second-order valence-electron chi connectivity index (χ2n) is 7.37. The van der Waals surface area contributed by atoms with Crippen LogP contribution < -0.4 is 4.90 Å². The fraction of sp³-hybridized carbons (Fsp3) is 0.550. The summed E-state index contributed by atoms with van der Waals surface area (Å²) < 4.78 is 5.46. The maximum Gasteiger partial charge on any atom is 0.227 e. The summed E-state index contributed by atoms with van der Waals surface area (Å²) in [5.41, 5.74) is 0. The molecule has 1 amide bonds. The van der Waals surface area contributed by atoms with Gasteiger partial charge in [-0.05, 0) is 44.0 Å². The summed E-state index contributed by atoms with van der Waals surface area (Å²) in [7, 11) is 0. The molecule has 7 heteroatoms. The van der Waals surface area contributed by atoms with Crippen molar-refractivity contribution in [3.63, 3.8) is 0 Å². The van der Waals surface area contributed by atoms with Crippen molar-refractivity contribution in [1.82, 2.24) is 19.8 Å². The first-order chi connectivity index (χ1) is 13.3. The Hall–Kier alpha value is -2.41.